The third kappa shape index (κ3) is 3.23. The summed E-state index contributed by atoms with van der Waals surface area (Å²) in [5, 5.41) is 11.1. The zero-order valence-electron chi connectivity index (χ0n) is 10.7. The normalized spacial score (nSPS) is 10.3. The molecule has 0 aliphatic heterocycles. The summed E-state index contributed by atoms with van der Waals surface area (Å²) in [6.45, 7) is 0.476. The maximum absolute atomic E-state index is 11.1. The van der Waals surface area contributed by atoms with Gasteiger partial charge in [0.1, 0.15) is 0 Å². The SMILES string of the molecule is COc1ccc([N+](=O)[O-])c(N(C)Cc2cnc(Br)s2)n1. The zero-order valence-corrected chi connectivity index (χ0v) is 13.1. The number of nitrogens with zero attached hydrogens (tertiary/aromatic N) is 4. The van der Waals surface area contributed by atoms with Crippen molar-refractivity contribution in [2.75, 3.05) is 19.1 Å². The maximum atomic E-state index is 11.1. The lowest BCUT2D eigenvalue weighted by atomic mass is 10.3. The molecule has 0 saturated heterocycles. The van der Waals surface area contributed by atoms with Crippen molar-refractivity contribution in [3.8, 4) is 5.88 Å². The Morgan fingerprint density at radius 1 is 1.55 bits per heavy atom. The number of methoxy groups -OCH3 is 1. The molecule has 0 spiro atoms. The average Bonchev–Trinajstić information content (AvgIpc) is 2.83. The van der Waals surface area contributed by atoms with Crippen molar-refractivity contribution in [1.82, 2.24) is 9.97 Å². The molecule has 0 fully saturated rings. The smallest absolute Gasteiger partial charge is 0.311 e. The van der Waals surface area contributed by atoms with Gasteiger partial charge in [-0.2, -0.15) is 4.98 Å². The third-order valence-corrected chi connectivity index (χ3v) is 3.98. The van der Waals surface area contributed by atoms with Gasteiger partial charge < -0.3 is 9.64 Å². The van der Waals surface area contributed by atoms with Gasteiger partial charge in [0.2, 0.25) is 11.7 Å². The highest BCUT2D eigenvalue weighted by atomic mass is 79.9. The van der Waals surface area contributed by atoms with E-state index in [1.807, 2.05) is 0 Å². The van der Waals surface area contributed by atoms with E-state index in [0.717, 1.165) is 8.79 Å². The van der Waals surface area contributed by atoms with Crippen molar-refractivity contribution in [1.29, 1.82) is 0 Å². The number of pyridine rings is 1. The molecule has 7 nitrogen and oxygen atoms in total. The van der Waals surface area contributed by atoms with E-state index >= 15 is 0 Å². The summed E-state index contributed by atoms with van der Waals surface area (Å²) in [7, 11) is 3.21. The highest BCUT2D eigenvalue weighted by Gasteiger charge is 2.20. The van der Waals surface area contributed by atoms with E-state index in [4.69, 9.17) is 4.74 Å². The number of anilines is 1. The summed E-state index contributed by atoms with van der Waals surface area (Å²) in [4.78, 5) is 21.5. The van der Waals surface area contributed by atoms with Crippen molar-refractivity contribution in [2.24, 2.45) is 0 Å². The Labute approximate surface area is 127 Å². The van der Waals surface area contributed by atoms with E-state index < -0.39 is 4.92 Å². The molecule has 2 rings (SSSR count). The predicted molar refractivity (Wildman–Crippen MR) is 79.4 cm³/mol. The van der Waals surface area contributed by atoms with Crippen LogP contribution >= 0.6 is 27.3 Å². The minimum Gasteiger partial charge on any atom is -0.481 e. The minimum atomic E-state index is -0.457. The highest BCUT2D eigenvalue weighted by Crippen LogP contribution is 2.29. The molecule has 2 heterocycles. The van der Waals surface area contributed by atoms with Gasteiger partial charge in [0.15, 0.2) is 3.92 Å². The summed E-state index contributed by atoms with van der Waals surface area (Å²) >= 11 is 4.75. The zero-order chi connectivity index (χ0) is 14.7. The Balaban J connectivity index is 2.31. The molecular weight excluding hydrogens is 348 g/mol. The molecule has 2 aromatic heterocycles. The Morgan fingerprint density at radius 2 is 2.30 bits per heavy atom. The van der Waals surface area contributed by atoms with Crippen LogP contribution in [0.25, 0.3) is 0 Å². The first kappa shape index (κ1) is 14.7. The van der Waals surface area contributed by atoms with Crippen molar-refractivity contribution in [2.45, 2.75) is 6.54 Å². The van der Waals surface area contributed by atoms with Crippen molar-refractivity contribution >= 4 is 38.8 Å². The fourth-order valence-electron chi connectivity index (χ4n) is 1.63. The van der Waals surface area contributed by atoms with Crippen LogP contribution in [0.5, 0.6) is 5.88 Å². The van der Waals surface area contributed by atoms with Crippen LogP contribution in [-0.2, 0) is 6.54 Å². The van der Waals surface area contributed by atoms with Crippen LogP contribution in [0.2, 0.25) is 0 Å². The molecule has 0 N–H and O–H groups in total. The molecule has 106 valence electrons. The van der Waals surface area contributed by atoms with Crippen LogP contribution in [0.1, 0.15) is 4.88 Å². The second-order valence-electron chi connectivity index (χ2n) is 3.89. The number of thiazole rings is 1. The number of hydrogen-bond acceptors (Lipinski definition) is 7. The Kier molecular flexibility index (Phi) is 4.50. The summed E-state index contributed by atoms with van der Waals surface area (Å²) in [6, 6.07) is 2.86. The fourth-order valence-corrected chi connectivity index (χ4v) is 3.04. The first-order chi connectivity index (χ1) is 9.51. The molecule has 0 atom stereocenters. The second kappa shape index (κ2) is 6.14. The average molecular weight is 359 g/mol. The molecule has 0 unspecified atom stereocenters. The maximum Gasteiger partial charge on any atom is 0.311 e. The Hall–Kier alpha value is -1.74. The molecule has 20 heavy (non-hydrogen) atoms. The van der Waals surface area contributed by atoms with Crippen LogP contribution in [0, 0.1) is 10.1 Å². The second-order valence-corrected chi connectivity index (χ2v) is 6.28. The number of rotatable bonds is 5. The number of hydrogen-bond donors (Lipinski definition) is 0. The topological polar surface area (TPSA) is 81.4 Å². The van der Waals surface area contributed by atoms with E-state index in [2.05, 4.69) is 25.9 Å². The lowest BCUT2D eigenvalue weighted by Gasteiger charge is -2.17. The summed E-state index contributed by atoms with van der Waals surface area (Å²) < 4.78 is 5.79. The third-order valence-electron chi connectivity index (χ3n) is 2.51. The lowest BCUT2D eigenvalue weighted by Crippen LogP contribution is -2.18. The first-order valence-corrected chi connectivity index (χ1v) is 7.13. The number of halogens is 1. The van der Waals surface area contributed by atoms with E-state index in [9.17, 15) is 10.1 Å². The van der Waals surface area contributed by atoms with Crippen LogP contribution in [-0.4, -0.2) is 29.0 Å². The van der Waals surface area contributed by atoms with Gasteiger partial charge in [-0.3, -0.25) is 10.1 Å². The number of aromatic nitrogens is 2. The van der Waals surface area contributed by atoms with Crippen LogP contribution < -0.4 is 9.64 Å². The van der Waals surface area contributed by atoms with Gasteiger partial charge in [-0.15, -0.1) is 11.3 Å². The van der Waals surface area contributed by atoms with Gasteiger partial charge in [-0.25, -0.2) is 4.98 Å². The molecule has 0 amide bonds. The van der Waals surface area contributed by atoms with Gasteiger partial charge >= 0.3 is 5.69 Å². The van der Waals surface area contributed by atoms with E-state index in [1.165, 1.54) is 30.6 Å². The predicted octanol–water partition coefficient (Wildman–Crippen LogP) is 2.85. The van der Waals surface area contributed by atoms with Crippen molar-refractivity contribution < 1.29 is 9.66 Å². The van der Waals surface area contributed by atoms with Crippen LogP contribution in [0.3, 0.4) is 0 Å². The summed E-state index contributed by atoms with van der Waals surface area (Å²) in [5.74, 6) is 0.599. The summed E-state index contributed by atoms with van der Waals surface area (Å²) in [5.41, 5.74) is -0.0584. The van der Waals surface area contributed by atoms with Crippen LogP contribution in [0.4, 0.5) is 11.5 Å². The standard InChI is InChI=1S/C11H11BrN4O3S/c1-15(6-7-5-13-11(12)20-7)10-8(16(17)18)3-4-9(14-10)19-2/h3-5H,6H2,1-2H3. The van der Waals surface area contributed by atoms with Gasteiger partial charge in [0.25, 0.3) is 0 Å². The molecule has 0 aromatic carbocycles. The quantitative estimate of drug-likeness (QED) is 0.603. The van der Waals surface area contributed by atoms with Gasteiger partial charge in [0, 0.05) is 30.3 Å². The fraction of sp³-hybridized carbons (Fsp3) is 0.273. The van der Waals surface area contributed by atoms with Gasteiger partial charge in [-0.1, -0.05) is 0 Å². The monoisotopic (exact) mass is 358 g/mol. The molecule has 2 aromatic rings. The molecule has 0 aliphatic rings. The molecule has 0 saturated carbocycles. The molecule has 0 bridgehead atoms. The molecule has 0 aliphatic carbocycles. The lowest BCUT2D eigenvalue weighted by molar-refractivity contribution is -0.384. The molecule has 0 radical (unpaired) electrons. The van der Waals surface area contributed by atoms with Gasteiger partial charge in [-0.05, 0) is 15.9 Å². The van der Waals surface area contributed by atoms with E-state index in [1.54, 1.807) is 18.1 Å². The van der Waals surface area contributed by atoms with E-state index in [0.29, 0.717) is 12.4 Å². The number of ether oxygens (including phenoxy) is 1. The Morgan fingerprint density at radius 3 is 2.85 bits per heavy atom. The highest BCUT2D eigenvalue weighted by molar-refractivity contribution is 9.11. The summed E-state index contributed by atoms with van der Waals surface area (Å²) in [6.07, 6.45) is 1.72. The van der Waals surface area contributed by atoms with E-state index in [-0.39, 0.29) is 11.5 Å². The minimum absolute atomic E-state index is 0.0584. The Bertz CT molecular complexity index is 634. The van der Waals surface area contributed by atoms with Crippen molar-refractivity contribution in [3.05, 3.63) is 37.2 Å². The molecule has 9 heteroatoms. The van der Waals surface area contributed by atoms with Crippen LogP contribution in [0.15, 0.2) is 22.2 Å². The molecular formula is C11H11BrN4O3S. The largest absolute Gasteiger partial charge is 0.481 e. The van der Waals surface area contributed by atoms with Gasteiger partial charge in [0.05, 0.1) is 18.6 Å². The number of nitro groups is 1. The van der Waals surface area contributed by atoms with Crippen molar-refractivity contribution in [3.63, 3.8) is 0 Å². The first-order valence-electron chi connectivity index (χ1n) is 5.52.